The molecule has 4 heteroatoms. The number of carbonyl (C=O) groups excluding carboxylic acids is 2. The van der Waals surface area contributed by atoms with Crippen LogP contribution in [0.3, 0.4) is 0 Å². The fourth-order valence-corrected chi connectivity index (χ4v) is 1.31. The number of hydrogen-bond donors (Lipinski definition) is 1. The fraction of sp³-hybridized carbons (Fsp3) is 0.111. The largest absolute Gasteiger partial charge is 0.292 e. The Labute approximate surface area is 81.5 Å². The second-order valence-corrected chi connectivity index (χ2v) is 2.71. The zero-order chi connectivity index (χ0) is 8.55. The number of imide groups is 1. The molecule has 68 valence electrons. The first-order valence-electron chi connectivity index (χ1n) is 3.69. The molecule has 1 aromatic rings. The first-order valence-corrected chi connectivity index (χ1v) is 3.69. The van der Waals surface area contributed by atoms with Gasteiger partial charge in [0.05, 0.1) is 6.42 Å². The van der Waals surface area contributed by atoms with Gasteiger partial charge in [-0.1, -0.05) is 18.2 Å². The molecule has 1 aliphatic rings. The van der Waals surface area contributed by atoms with E-state index in [1.807, 2.05) is 6.07 Å². The lowest BCUT2D eigenvalue weighted by atomic mass is 10.0. The van der Waals surface area contributed by atoms with E-state index < -0.39 is 0 Å². The van der Waals surface area contributed by atoms with Gasteiger partial charge in [0.15, 0.2) is 0 Å². The van der Waals surface area contributed by atoms with Gasteiger partial charge in [0.1, 0.15) is 0 Å². The van der Waals surface area contributed by atoms with E-state index in [4.69, 9.17) is 0 Å². The summed E-state index contributed by atoms with van der Waals surface area (Å²) in [6, 6.07) is 7.13. The molecule has 0 saturated heterocycles. The highest BCUT2D eigenvalue weighted by Crippen LogP contribution is 2.12. The Balaban J connectivity index is 0.000000845. The summed E-state index contributed by atoms with van der Waals surface area (Å²) in [6.45, 7) is 0. The molecule has 0 saturated carbocycles. The summed E-state index contributed by atoms with van der Waals surface area (Å²) >= 11 is 0. The Morgan fingerprint density at radius 1 is 1.15 bits per heavy atom. The Morgan fingerprint density at radius 3 is 2.62 bits per heavy atom. The quantitative estimate of drug-likeness (QED) is 0.629. The fourth-order valence-electron chi connectivity index (χ4n) is 1.31. The minimum Gasteiger partial charge on any atom is -0.292 e. The molecule has 0 bridgehead atoms. The van der Waals surface area contributed by atoms with E-state index >= 15 is 0 Å². The maximum atomic E-state index is 11.2. The second kappa shape index (κ2) is 3.58. The SMILES string of the molecule is Cl.O=C1Cc2ccccc2C(=O)N1. The minimum absolute atomic E-state index is 0. The molecule has 1 aromatic carbocycles. The Kier molecular flexibility index (Phi) is 2.68. The number of rotatable bonds is 0. The highest BCUT2D eigenvalue weighted by molar-refractivity contribution is 6.09. The first-order chi connectivity index (χ1) is 5.77. The summed E-state index contributed by atoms with van der Waals surface area (Å²) in [5, 5.41) is 2.26. The molecule has 3 nitrogen and oxygen atoms in total. The van der Waals surface area contributed by atoms with Crippen LogP contribution in [0.4, 0.5) is 0 Å². The van der Waals surface area contributed by atoms with E-state index in [0.29, 0.717) is 12.0 Å². The number of benzene rings is 1. The third kappa shape index (κ3) is 1.70. The van der Waals surface area contributed by atoms with Gasteiger partial charge in [-0.3, -0.25) is 14.9 Å². The van der Waals surface area contributed by atoms with Gasteiger partial charge in [-0.15, -0.1) is 12.4 Å². The zero-order valence-corrected chi connectivity index (χ0v) is 7.56. The molecule has 0 aliphatic carbocycles. The maximum absolute atomic E-state index is 11.2. The topological polar surface area (TPSA) is 46.2 Å². The van der Waals surface area contributed by atoms with Crippen LogP contribution in [0, 0.1) is 0 Å². The first kappa shape index (κ1) is 9.74. The average Bonchev–Trinajstić information content (AvgIpc) is 2.04. The standard InChI is InChI=1S/C9H7NO2.ClH/c11-8-5-6-3-1-2-4-7(6)9(12)10-8;/h1-4H,5H2,(H,10,11,12);1H. The van der Waals surface area contributed by atoms with Crippen molar-refractivity contribution >= 4 is 24.2 Å². The van der Waals surface area contributed by atoms with Crippen molar-refractivity contribution in [2.24, 2.45) is 0 Å². The molecule has 0 aromatic heterocycles. The molecule has 0 fully saturated rings. The van der Waals surface area contributed by atoms with Crippen molar-refractivity contribution in [3.63, 3.8) is 0 Å². The Morgan fingerprint density at radius 2 is 1.85 bits per heavy atom. The molecule has 0 radical (unpaired) electrons. The molecule has 1 N–H and O–H groups in total. The monoisotopic (exact) mass is 197 g/mol. The van der Waals surface area contributed by atoms with Crippen LogP contribution in [0.15, 0.2) is 24.3 Å². The van der Waals surface area contributed by atoms with Crippen LogP contribution in [0.25, 0.3) is 0 Å². The molecule has 1 aliphatic heterocycles. The van der Waals surface area contributed by atoms with Crippen LogP contribution in [0.5, 0.6) is 0 Å². The van der Waals surface area contributed by atoms with Gasteiger partial charge in [-0.25, -0.2) is 0 Å². The second-order valence-electron chi connectivity index (χ2n) is 2.71. The van der Waals surface area contributed by atoms with Gasteiger partial charge in [0, 0.05) is 5.56 Å². The summed E-state index contributed by atoms with van der Waals surface area (Å²) in [6.07, 6.45) is 0.307. The molecule has 13 heavy (non-hydrogen) atoms. The number of carbonyl (C=O) groups is 2. The third-order valence-corrected chi connectivity index (χ3v) is 1.87. The molecule has 0 spiro atoms. The smallest absolute Gasteiger partial charge is 0.258 e. The number of amides is 2. The predicted molar refractivity (Wildman–Crippen MR) is 49.9 cm³/mol. The summed E-state index contributed by atoms with van der Waals surface area (Å²) in [4.78, 5) is 22.1. The van der Waals surface area contributed by atoms with E-state index in [-0.39, 0.29) is 24.2 Å². The molecule has 1 heterocycles. The van der Waals surface area contributed by atoms with Crippen molar-refractivity contribution in [2.75, 3.05) is 0 Å². The van der Waals surface area contributed by atoms with E-state index in [9.17, 15) is 9.59 Å². The lowest BCUT2D eigenvalue weighted by molar-refractivity contribution is -0.119. The van der Waals surface area contributed by atoms with Crippen LogP contribution in [-0.2, 0) is 11.2 Å². The van der Waals surface area contributed by atoms with Gasteiger partial charge in [0.2, 0.25) is 5.91 Å². The van der Waals surface area contributed by atoms with Gasteiger partial charge in [0.25, 0.3) is 5.91 Å². The van der Waals surface area contributed by atoms with Crippen LogP contribution >= 0.6 is 12.4 Å². The number of halogens is 1. The van der Waals surface area contributed by atoms with Crippen molar-refractivity contribution < 1.29 is 9.59 Å². The summed E-state index contributed by atoms with van der Waals surface area (Å²) in [5.41, 5.74) is 1.42. The van der Waals surface area contributed by atoms with E-state index in [1.54, 1.807) is 18.2 Å². The van der Waals surface area contributed by atoms with E-state index in [2.05, 4.69) is 5.32 Å². The van der Waals surface area contributed by atoms with Crippen LogP contribution in [0.1, 0.15) is 15.9 Å². The van der Waals surface area contributed by atoms with Crippen molar-refractivity contribution in [2.45, 2.75) is 6.42 Å². The van der Waals surface area contributed by atoms with Crippen LogP contribution in [-0.4, -0.2) is 11.8 Å². The van der Waals surface area contributed by atoms with Crippen molar-refractivity contribution in [3.8, 4) is 0 Å². The minimum atomic E-state index is -0.290. The lowest BCUT2D eigenvalue weighted by Gasteiger charge is -2.13. The number of hydrogen-bond acceptors (Lipinski definition) is 2. The highest BCUT2D eigenvalue weighted by atomic mass is 35.5. The van der Waals surface area contributed by atoms with Crippen LogP contribution in [0.2, 0.25) is 0 Å². The molecule has 2 rings (SSSR count). The van der Waals surface area contributed by atoms with E-state index in [1.165, 1.54) is 0 Å². The van der Waals surface area contributed by atoms with E-state index in [0.717, 1.165) is 5.56 Å². The van der Waals surface area contributed by atoms with Gasteiger partial charge < -0.3 is 0 Å². The molecular weight excluding hydrogens is 190 g/mol. The summed E-state index contributed by atoms with van der Waals surface area (Å²) in [5.74, 6) is -0.513. The zero-order valence-electron chi connectivity index (χ0n) is 6.74. The normalized spacial score (nSPS) is 14.2. The van der Waals surface area contributed by atoms with Gasteiger partial charge in [-0.05, 0) is 11.6 Å². The molecule has 2 amide bonds. The highest BCUT2D eigenvalue weighted by Gasteiger charge is 2.20. The number of nitrogens with one attached hydrogen (secondary N) is 1. The molecule has 0 atom stereocenters. The van der Waals surface area contributed by atoms with Crippen molar-refractivity contribution in [3.05, 3.63) is 35.4 Å². The van der Waals surface area contributed by atoms with Gasteiger partial charge in [-0.2, -0.15) is 0 Å². The maximum Gasteiger partial charge on any atom is 0.258 e. The third-order valence-electron chi connectivity index (χ3n) is 1.87. The Hall–Kier alpha value is -1.35. The average molecular weight is 198 g/mol. The molecular formula is C9H8ClNO2. The van der Waals surface area contributed by atoms with Gasteiger partial charge >= 0.3 is 0 Å². The Bertz CT molecular complexity index is 362. The number of fused-ring (bicyclic) bond motifs is 1. The predicted octanol–water partition coefficient (Wildman–Crippen LogP) is 0.921. The lowest BCUT2D eigenvalue weighted by Crippen LogP contribution is -2.37. The van der Waals surface area contributed by atoms with Crippen molar-refractivity contribution in [1.82, 2.24) is 5.32 Å². The summed E-state index contributed by atoms with van der Waals surface area (Å²) < 4.78 is 0. The van der Waals surface area contributed by atoms with Crippen molar-refractivity contribution in [1.29, 1.82) is 0 Å². The summed E-state index contributed by atoms with van der Waals surface area (Å²) in [7, 11) is 0. The van der Waals surface area contributed by atoms with Crippen LogP contribution < -0.4 is 5.32 Å². The molecule has 0 unspecified atom stereocenters.